The van der Waals surface area contributed by atoms with Crippen molar-refractivity contribution < 1.29 is 17.9 Å². The van der Waals surface area contributed by atoms with Gasteiger partial charge in [-0.1, -0.05) is 23.2 Å². The van der Waals surface area contributed by atoms with Crippen molar-refractivity contribution in [2.75, 3.05) is 11.3 Å². The van der Waals surface area contributed by atoms with Crippen molar-refractivity contribution in [3.63, 3.8) is 0 Å². The predicted octanol–water partition coefficient (Wildman–Crippen LogP) is 1.19. The number of carbonyl (C=O) groups excluding carboxylic acids is 1. The summed E-state index contributed by atoms with van der Waals surface area (Å²) < 4.78 is 30.8. The Morgan fingerprint density at radius 3 is 2.72 bits per heavy atom. The lowest BCUT2D eigenvalue weighted by atomic mass is 10.6. The zero-order chi connectivity index (χ0) is 13.8. The summed E-state index contributed by atoms with van der Waals surface area (Å²) in [6.07, 6.45) is -0.113. The standard InChI is InChI=1S/C7H8Cl2N4O4S/c1-2-17-7(14)13-18(15,16)12-6-4(8)5(9)10-3-11-6/h3H,2H2,1H3,(H,13,14)(H,10,11,12). The SMILES string of the molecule is CCOC(=O)NS(=O)(=O)Nc1ncnc(Cl)c1Cl. The van der Waals surface area contributed by atoms with Gasteiger partial charge < -0.3 is 4.74 Å². The quantitative estimate of drug-likeness (QED) is 0.807. The number of hydrogen-bond donors (Lipinski definition) is 2. The van der Waals surface area contributed by atoms with Crippen LogP contribution in [0.2, 0.25) is 10.2 Å². The van der Waals surface area contributed by atoms with Crippen molar-refractivity contribution in [3.8, 4) is 0 Å². The van der Waals surface area contributed by atoms with E-state index in [0.29, 0.717) is 0 Å². The predicted molar refractivity (Wildman–Crippen MR) is 64.8 cm³/mol. The molecule has 0 saturated heterocycles. The number of ether oxygens (including phenoxy) is 1. The van der Waals surface area contributed by atoms with Crippen LogP contribution in [0.5, 0.6) is 0 Å². The van der Waals surface area contributed by atoms with Crippen LogP contribution < -0.4 is 9.44 Å². The van der Waals surface area contributed by atoms with E-state index < -0.39 is 16.3 Å². The van der Waals surface area contributed by atoms with Crippen molar-refractivity contribution in [1.82, 2.24) is 14.7 Å². The number of hydrogen-bond acceptors (Lipinski definition) is 6. The van der Waals surface area contributed by atoms with Gasteiger partial charge in [0.25, 0.3) is 0 Å². The third-order valence-electron chi connectivity index (χ3n) is 1.47. The molecule has 8 nitrogen and oxygen atoms in total. The first-order valence-electron chi connectivity index (χ1n) is 4.49. The number of anilines is 1. The average Bonchev–Trinajstić information content (AvgIpc) is 2.24. The van der Waals surface area contributed by atoms with Crippen molar-refractivity contribution in [2.24, 2.45) is 0 Å². The van der Waals surface area contributed by atoms with Gasteiger partial charge in [-0.3, -0.25) is 0 Å². The fourth-order valence-electron chi connectivity index (χ4n) is 0.843. The molecule has 1 heterocycles. The van der Waals surface area contributed by atoms with Crippen LogP contribution in [0.3, 0.4) is 0 Å². The number of rotatable bonds is 4. The highest BCUT2D eigenvalue weighted by molar-refractivity contribution is 7.91. The normalized spacial score (nSPS) is 10.8. The number of carbonyl (C=O) groups is 1. The second kappa shape index (κ2) is 6.03. The highest BCUT2D eigenvalue weighted by Gasteiger charge is 2.18. The molecular weight excluding hydrogens is 307 g/mol. The molecule has 0 aliphatic heterocycles. The molecule has 18 heavy (non-hydrogen) atoms. The van der Waals surface area contributed by atoms with E-state index in [-0.39, 0.29) is 22.6 Å². The molecule has 0 atom stereocenters. The minimum Gasteiger partial charge on any atom is -0.449 e. The maximum Gasteiger partial charge on any atom is 0.422 e. The Kier molecular flexibility index (Phi) is 4.93. The number of halogens is 2. The molecule has 0 bridgehead atoms. The van der Waals surface area contributed by atoms with E-state index in [9.17, 15) is 13.2 Å². The summed E-state index contributed by atoms with van der Waals surface area (Å²) in [5.41, 5.74) is 0. The molecule has 1 rings (SSSR count). The van der Waals surface area contributed by atoms with Crippen molar-refractivity contribution in [2.45, 2.75) is 6.92 Å². The Labute approximate surface area is 113 Å². The zero-order valence-corrected chi connectivity index (χ0v) is 11.3. The second-order valence-corrected chi connectivity index (χ2v) is 4.91. The van der Waals surface area contributed by atoms with Gasteiger partial charge in [0.15, 0.2) is 11.0 Å². The summed E-state index contributed by atoms with van der Waals surface area (Å²) in [6, 6.07) is 0. The summed E-state index contributed by atoms with van der Waals surface area (Å²) in [5, 5.41) is -0.311. The maximum atomic E-state index is 11.5. The van der Waals surface area contributed by atoms with E-state index in [1.54, 1.807) is 4.72 Å². The third kappa shape index (κ3) is 4.17. The lowest BCUT2D eigenvalue weighted by Gasteiger charge is -2.09. The number of amides is 1. The maximum absolute atomic E-state index is 11.5. The van der Waals surface area contributed by atoms with E-state index in [0.717, 1.165) is 6.33 Å². The monoisotopic (exact) mass is 314 g/mol. The zero-order valence-electron chi connectivity index (χ0n) is 8.98. The van der Waals surface area contributed by atoms with E-state index in [2.05, 4.69) is 14.7 Å². The molecule has 0 spiro atoms. The molecule has 0 aliphatic carbocycles. The molecule has 0 aromatic carbocycles. The van der Waals surface area contributed by atoms with Crippen LogP contribution in [0.1, 0.15) is 6.92 Å². The molecule has 100 valence electrons. The van der Waals surface area contributed by atoms with Gasteiger partial charge in [0.1, 0.15) is 11.3 Å². The molecule has 0 unspecified atom stereocenters. The molecule has 0 saturated carbocycles. The lowest BCUT2D eigenvalue weighted by molar-refractivity contribution is 0.159. The van der Waals surface area contributed by atoms with Gasteiger partial charge >= 0.3 is 16.3 Å². The number of aromatic nitrogens is 2. The van der Waals surface area contributed by atoms with E-state index >= 15 is 0 Å². The summed E-state index contributed by atoms with van der Waals surface area (Å²) in [4.78, 5) is 18.1. The van der Waals surface area contributed by atoms with Crippen molar-refractivity contribution >= 4 is 45.3 Å². The minimum atomic E-state index is -4.20. The second-order valence-electron chi connectivity index (χ2n) is 2.76. The van der Waals surface area contributed by atoms with Gasteiger partial charge in [0.2, 0.25) is 0 Å². The Bertz CT molecular complexity index is 550. The lowest BCUT2D eigenvalue weighted by Crippen LogP contribution is -2.36. The van der Waals surface area contributed by atoms with E-state index in [1.165, 1.54) is 6.92 Å². The van der Waals surface area contributed by atoms with Gasteiger partial charge in [-0.05, 0) is 6.92 Å². The van der Waals surface area contributed by atoms with Crippen LogP contribution in [0, 0.1) is 0 Å². The fraction of sp³-hybridized carbons (Fsp3) is 0.286. The molecule has 2 N–H and O–H groups in total. The fourth-order valence-corrected chi connectivity index (χ4v) is 1.92. The first-order chi connectivity index (χ1) is 8.35. The molecule has 1 aromatic heterocycles. The van der Waals surface area contributed by atoms with Gasteiger partial charge in [-0.15, -0.1) is 0 Å². The molecule has 11 heteroatoms. The van der Waals surface area contributed by atoms with Crippen LogP contribution >= 0.6 is 23.2 Å². The van der Waals surface area contributed by atoms with Crippen LogP contribution in [0.15, 0.2) is 6.33 Å². The molecule has 0 fully saturated rings. The molecule has 1 amide bonds. The summed E-state index contributed by atoms with van der Waals surface area (Å²) in [7, 11) is -4.20. The molecule has 1 aromatic rings. The average molecular weight is 315 g/mol. The summed E-state index contributed by atoms with van der Waals surface area (Å²) in [5.74, 6) is -0.256. The Morgan fingerprint density at radius 1 is 1.44 bits per heavy atom. The highest BCUT2D eigenvalue weighted by Crippen LogP contribution is 2.25. The van der Waals surface area contributed by atoms with Crippen LogP contribution in [0.25, 0.3) is 0 Å². The van der Waals surface area contributed by atoms with Crippen molar-refractivity contribution in [3.05, 3.63) is 16.5 Å². The molecular formula is C7H8Cl2N4O4S. The van der Waals surface area contributed by atoms with Gasteiger partial charge in [0.05, 0.1) is 6.61 Å². The van der Waals surface area contributed by atoms with Crippen LogP contribution in [-0.4, -0.2) is 31.1 Å². The minimum absolute atomic E-state index is 0.0292. The topological polar surface area (TPSA) is 110 Å². The third-order valence-corrected chi connectivity index (χ3v) is 3.11. The van der Waals surface area contributed by atoms with Gasteiger partial charge in [0, 0.05) is 0 Å². The first-order valence-corrected chi connectivity index (χ1v) is 6.73. The highest BCUT2D eigenvalue weighted by atomic mass is 35.5. The van der Waals surface area contributed by atoms with E-state index in [1.807, 2.05) is 4.72 Å². The smallest absolute Gasteiger partial charge is 0.422 e. The van der Waals surface area contributed by atoms with Crippen LogP contribution in [-0.2, 0) is 14.9 Å². The van der Waals surface area contributed by atoms with Gasteiger partial charge in [-0.25, -0.2) is 24.2 Å². The first kappa shape index (κ1) is 14.7. The molecule has 0 aliphatic rings. The largest absolute Gasteiger partial charge is 0.449 e. The Balaban J connectivity index is 2.83. The number of nitrogens with zero attached hydrogens (tertiary/aromatic N) is 2. The Morgan fingerprint density at radius 2 is 2.11 bits per heavy atom. The number of nitrogens with one attached hydrogen (secondary N) is 2. The molecule has 0 radical (unpaired) electrons. The van der Waals surface area contributed by atoms with Crippen molar-refractivity contribution in [1.29, 1.82) is 0 Å². The summed E-state index contributed by atoms with van der Waals surface area (Å²) >= 11 is 11.2. The van der Waals surface area contributed by atoms with Gasteiger partial charge in [-0.2, -0.15) is 8.42 Å². The van der Waals surface area contributed by atoms with E-state index in [4.69, 9.17) is 23.2 Å². The summed E-state index contributed by atoms with van der Waals surface area (Å²) in [6.45, 7) is 1.56. The Hall–Kier alpha value is -1.32. The van der Waals surface area contributed by atoms with Crippen LogP contribution in [0.4, 0.5) is 10.6 Å².